The zero-order valence-corrected chi connectivity index (χ0v) is 19.5. The monoisotopic (exact) mass is 498 g/mol. The molecule has 0 bridgehead atoms. The van der Waals surface area contributed by atoms with E-state index in [-0.39, 0.29) is 11.1 Å². The Hall–Kier alpha value is -3.30. The number of allylic oxidation sites excluding steroid dienone is 4. The van der Waals surface area contributed by atoms with Crippen LogP contribution < -0.4 is 5.63 Å². The van der Waals surface area contributed by atoms with Gasteiger partial charge in [0.25, 0.3) is 0 Å². The van der Waals surface area contributed by atoms with E-state index in [1.54, 1.807) is 29.8 Å². The van der Waals surface area contributed by atoms with Crippen LogP contribution in [0.3, 0.4) is 0 Å². The number of nitrogens with zero attached hydrogens (tertiary/aromatic N) is 2. The van der Waals surface area contributed by atoms with E-state index in [0.717, 1.165) is 30.3 Å². The van der Waals surface area contributed by atoms with Crippen molar-refractivity contribution in [3.8, 4) is 0 Å². The minimum Gasteiger partial charge on any atom is -0.423 e. The van der Waals surface area contributed by atoms with Gasteiger partial charge in [-0.2, -0.15) is 18.3 Å². The van der Waals surface area contributed by atoms with Crippen LogP contribution in [0.5, 0.6) is 0 Å². The highest BCUT2D eigenvalue weighted by Gasteiger charge is 2.55. The summed E-state index contributed by atoms with van der Waals surface area (Å²) in [5.74, 6) is -0.673. The molecule has 2 heterocycles. The Morgan fingerprint density at radius 1 is 1.17 bits per heavy atom. The number of aliphatic hydroxyl groups is 1. The fourth-order valence-corrected chi connectivity index (χ4v) is 5.26. The highest BCUT2D eigenvalue weighted by atomic mass is 32.2. The van der Waals surface area contributed by atoms with Crippen LogP contribution in [0.4, 0.5) is 13.2 Å². The first-order valence-corrected chi connectivity index (χ1v) is 11.9. The molecule has 2 aromatic heterocycles. The van der Waals surface area contributed by atoms with Gasteiger partial charge in [-0.25, -0.2) is 9.48 Å². The zero-order valence-electron chi connectivity index (χ0n) is 18.7. The van der Waals surface area contributed by atoms with E-state index in [9.17, 15) is 23.1 Å². The van der Waals surface area contributed by atoms with E-state index >= 15 is 0 Å². The number of hydrogen-bond donors (Lipinski definition) is 1. The molecule has 1 N–H and O–H groups in total. The molecule has 0 saturated carbocycles. The number of halogens is 3. The maximum atomic E-state index is 14.2. The van der Waals surface area contributed by atoms with Gasteiger partial charge in [0.1, 0.15) is 5.58 Å². The van der Waals surface area contributed by atoms with Crippen molar-refractivity contribution < 1.29 is 22.7 Å². The van der Waals surface area contributed by atoms with Crippen molar-refractivity contribution in [3.05, 3.63) is 88.4 Å². The lowest BCUT2D eigenvalue weighted by Crippen LogP contribution is -2.44. The molecule has 0 fully saturated rings. The first-order chi connectivity index (χ1) is 16.7. The van der Waals surface area contributed by atoms with Gasteiger partial charge in [-0.15, -0.1) is 11.8 Å². The van der Waals surface area contributed by atoms with E-state index in [1.165, 1.54) is 30.5 Å². The molecule has 0 spiro atoms. The fourth-order valence-electron chi connectivity index (χ4n) is 4.20. The van der Waals surface area contributed by atoms with Crippen molar-refractivity contribution >= 4 is 39.3 Å². The molecule has 1 unspecified atom stereocenters. The Balaban J connectivity index is 1.48. The third-order valence-corrected chi connectivity index (χ3v) is 7.30. The number of fused-ring (bicyclic) bond motifs is 2. The maximum Gasteiger partial charge on any atom is 0.422 e. The Morgan fingerprint density at radius 3 is 2.74 bits per heavy atom. The first-order valence-electron chi connectivity index (χ1n) is 11.0. The second-order valence-corrected chi connectivity index (χ2v) is 9.56. The van der Waals surface area contributed by atoms with Crippen molar-refractivity contribution in [2.45, 2.75) is 36.4 Å². The van der Waals surface area contributed by atoms with Gasteiger partial charge >= 0.3 is 11.8 Å². The molecule has 5 rings (SSSR count). The number of aromatic nitrogens is 2. The molecule has 2 aromatic carbocycles. The molecule has 0 radical (unpaired) electrons. The summed E-state index contributed by atoms with van der Waals surface area (Å²) < 4.78 is 49.5. The molecule has 0 saturated heterocycles. The Morgan fingerprint density at radius 2 is 2.00 bits per heavy atom. The zero-order chi connectivity index (χ0) is 24.8. The van der Waals surface area contributed by atoms with Gasteiger partial charge in [0, 0.05) is 33.2 Å². The Bertz CT molecular complexity index is 1550. The first kappa shape index (κ1) is 23.4. The van der Waals surface area contributed by atoms with Gasteiger partial charge in [0.05, 0.1) is 11.7 Å². The SMILES string of the molecule is Cc1cc(=O)oc2cc(SCC(O)(c3ccc4c(cnn4C4=CC=CCC4)c3)C(F)(F)F)ccc12. The Labute approximate surface area is 202 Å². The molecule has 1 aliphatic rings. The number of aryl methyl sites for hydroxylation is 1. The van der Waals surface area contributed by atoms with Crippen LogP contribution in [-0.2, 0) is 5.60 Å². The van der Waals surface area contributed by atoms with Crippen LogP contribution in [-0.4, -0.2) is 26.8 Å². The number of hydrogen-bond acceptors (Lipinski definition) is 5. The third-order valence-electron chi connectivity index (χ3n) is 6.15. The van der Waals surface area contributed by atoms with Gasteiger partial charge in [-0.05, 0) is 67.3 Å². The van der Waals surface area contributed by atoms with Gasteiger partial charge in [0.2, 0.25) is 0 Å². The van der Waals surface area contributed by atoms with Crippen molar-refractivity contribution in [1.29, 1.82) is 0 Å². The van der Waals surface area contributed by atoms with Crippen LogP contribution in [0, 0.1) is 6.92 Å². The summed E-state index contributed by atoms with van der Waals surface area (Å²) in [6.45, 7) is 1.76. The van der Waals surface area contributed by atoms with Gasteiger partial charge in [-0.1, -0.05) is 18.2 Å². The topological polar surface area (TPSA) is 68.3 Å². The van der Waals surface area contributed by atoms with Crippen molar-refractivity contribution in [3.63, 3.8) is 0 Å². The standard InChI is InChI=1S/C26H21F3N2O3S/c1-16-11-24(32)34-23-13-20(8-9-21(16)23)35-15-25(33,26(27,28)29)18-7-10-22-17(12-18)14-30-31(22)19-5-3-2-4-6-19/h2-3,5,7-14,33H,4,6,15H2,1H3. The van der Waals surface area contributed by atoms with E-state index in [0.29, 0.717) is 26.7 Å². The van der Waals surface area contributed by atoms with Crippen LogP contribution in [0.15, 0.2) is 81.0 Å². The average Bonchev–Trinajstić information content (AvgIpc) is 3.25. The van der Waals surface area contributed by atoms with Gasteiger partial charge in [-0.3, -0.25) is 0 Å². The second kappa shape index (κ2) is 8.73. The summed E-state index contributed by atoms with van der Waals surface area (Å²) in [5, 5.41) is 16.5. The van der Waals surface area contributed by atoms with Crippen LogP contribution in [0.1, 0.15) is 24.0 Å². The predicted molar refractivity (Wildman–Crippen MR) is 130 cm³/mol. The van der Waals surface area contributed by atoms with E-state index in [2.05, 4.69) is 5.10 Å². The van der Waals surface area contributed by atoms with Crippen LogP contribution in [0.2, 0.25) is 0 Å². The molecule has 0 aliphatic heterocycles. The molecule has 1 aliphatic carbocycles. The molecule has 5 nitrogen and oxygen atoms in total. The summed E-state index contributed by atoms with van der Waals surface area (Å²) in [6, 6.07) is 10.4. The summed E-state index contributed by atoms with van der Waals surface area (Å²) in [7, 11) is 0. The largest absolute Gasteiger partial charge is 0.423 e. The molecule has 9 heteroatoms. The summed E-state index contributed by atoms with van der Waals surface area (Å²) in [6.07, 6.45) is 4.14. The van der Waals surface area contributed by atoms with Crippen molar-refractivity contribution in [2.75, 3.05) is 5.75 Å². The lowest BCUT2D eigenvalue weighted by Gasteiger charge is -2.31. The number of alkyl halides is 3. The van der Waals surface area contributed by atoms with E-state index in [4.69, 9.17) is 4.42 Å². The maximum absolute atomic E-state index is 14.2. The van der Waals surface area contributed by atoms with E-state index < -0.39 is 23.2 Å². The number of benzene rings is 2. The predicted octanol–water partition coefficient (Wildman–Crippen LogP) is 6.18. The second-order valence-electron chi connectivity index (χ2n) is 8.51. The third kappa shape index (κ3) is 4.30. The summed E-state index contributed by atoms with van der Waals surface area (Å²) in [5.41, 5.74) is -1.25. The van der Waals surface area contributed by atoms with Crippen LogP contribution in [0.25, 0.3) is 27.6 Å². The Kier molecular flexibility index (Phi) is 5.85. The lowest BCUT2D eigenvalue weighted by molar-refractivity contribution is -0.256. The van der Waals surface area contributed by atoms with Gasteiger partial charge < -0.3 is 9.52 Å². The van der Waals surface area contributed by atoms with Crippen molar-refractivity contribution in [2.24, 2.45) is 0 Å². The minimum absolute atomic E-state index is 0.259. The van der Waals surface area contributed by atoms with Crippen LogP contribution >= 0.6 is 11.8 Å². The fraction of sp³-hybridized carbons (Fsp3) is 0.231. The highest BCUT2D eigenvalue weighted by molar-refractivity contribution is 7.99. The number of thioether (sulfide) groups is 1. The summed E-state index contributed by atoms with van der Waals surface area (Å²) in [4.78, 5) is 12.1. The van der Waals surface area contributed by atoms with Gasteiger partial charge in [0.15, 0.2) is 5.60 Å². The molecule has 35 heavy (non-hydrogen) atoms. The average molecular weight is 499 g/mol. The molecular weight excluding hydrogens is 477 g/mol. The molecular formula is C26H21F3N2O3S. The minimum atomic E-state index is -4.92. The van der Waals surface area contributed by atoms with Crippen molar-refractivity contribution in [1.82, 2.24) is 9.78 Å². The number of rotatable bonds is 5. The normalized spacial score (nSPS) is 16.0. The molecule has 180 valence electrons. The highest BCUT2D eigenvalue weighted by Crippen LogP contribution is 2.43. The van der Waals surface area contributed by atoms with E-state index in [1.807, 2.05) is 18.2 Å². The lowest BCUT2D eigenvalue weighted by atomic mass is 9.94. The quantitative estimate of drug-likeness (QED) is 0.263. The smallest absolute Gasteiger partial charge is 0.422 e. The molecule has 1 atom stereocenters. The molecule has 4 aromatic rings. The molecule has 0 amide bonds. The summed E-state index contributed by atoms with van der Waals surface area (Å²) >= 11 is 0.839.